The van der Waals surface area contributed by atoms with E-state index in [-0.39, 0.29) is 18.3 Å². The zero-order chi connectivity index (χ0) is 15.2. The lowest BCUT2D eigenvalue weighted by molar-refractivity contribution is -0.147. The highest BCUT2D eigenvalue weighted by Gasteiger charge is 2.13. The Balaban J connectivity index is 1.81. The van der Waals surface area contributed by atoms with Crippen molar-refractivity contribution in [3.05, 3.63) is 58.0 Å². The summed E-state index contributed by atoms with van der Waals surface area (Å²) in [5.41, 5.74) is 0.689. The lowest BCUT2D eigenvalue weighted by Gasteiger charge is -2.13. The molecule has 1 heterocycles. The largest absolute Gasteiger partial charge is 0.456 e. The summed E-state index contributed by atoms with van der Waals surface area (Å²) in [6, 6.07) is 9.15. The third-order valence-electron chi connectivity index (χ3n) is 2.79. The summed E-state index contributed by atoms with van der Waals surface area (Å²) in [7, 11) is 0. The minimum atomic E-state index is -0.545. The molecule has 110 valence electrons. The molecule has 0 aliphatic heterocycles. The fourth-order valence-corrected chi connectivity index (χ4v) is 2.33. The lowest BCUT2D eigenvalue weighted by atomic mass is 10.1. The first-order valence-electron chi connectivity index (χ1n) is 6.33. The van der Waals surface area contributed by atoms with E-state index >= 15 is 0 Å². The van der Waals surface area contributed by atoms with Gasteiger partial charge in [-0.1, -0.05) is 18.2 Å². The number of esters is 1. The Kier molecular flexibility index (Phi) is 5.05. The highest BCUT2D eigenvalue weighted by molar-refractivity contribution is 7.12. The molecule has 1 amide bonds. The molecule has 0 saturated carbocycles. The van der Waals surface area contributed by atoms with Crippen LogP contribution in [0.3, 0.4) is 0 Å². The molecule has 1 aromatic heterocycles. The summed E-state index contributed by atoms with van der Waals surface area (Å²) in [5, 5.41) is 4.27. The minimum absolute atomic E-state index is 0.206. The monoisotopic (exact) mass is 307 g/mol. The molecule has 6 heteroatoms. The fourth-order valence-electron chi connectivity index (χ4n) is 1.69. The second-order valence-electron chi connectivity index (χ2n) is 4.34. The number of amides is 1. The van der Waals surface area contributed by atoms with E-state index in [0.29, 0.717) is 10.4 Å². The molecular weight excluding hydrogens is 293 g/mol. The first-order chi connectivity index (χ1) is 10.1. The maximum atomic E-state index is 12.8. The van der Waals surface area contributed by atoms with Crippen molar-refractivity contribution in [2.24, 2.45) is 0 Å². The summed E-state index contributed by atoms with van der Waals surface area (Å²) in [6.45, 7) is 1.48. The molecule has 2 aromatic rings. The van der Waals surface area contributed by atoms with Crippen LogP contribution in [-0.2, 0) is 9.53 Å². The van der Waals surface area contributed by atoms with E-state index in [0.717, 1.165) is 0 Å². The van der Waals surface area contributed by atoms with Crippen molar-refractivity contribution in [1.82, 2.24) is 5.32 Å². The van der Waals surface area contributed by atoms with Crippen LogP contribution in [0.25, 0.3) is 0 Å². The smallest absolute Gasteiger partial charge is 0.326 e. The number of carbonyl (C=O) groups excluding carboxylic acids is 2. The summed E-state index contributed by atoms with van der Waals surface area (Å²) >= 11 is 1.30. The van der Waals surface area contributed by atoms with Gasteiger partial charge >= 0.3 is 5.97 Å². The molecule has 0 unspecified atom stereocenters. The number of ether oxygens (including phenoxy) is 1. The van der Waals surface area contributed by atoms with Gasteiger partial charge in [0.15, 0.2) is 0 Å². The number of rotatable bonds is 5. The highest BCUT2D eigenvalue weighted by Crippen LogP contribution is 2.17. The number of benzene rings is 1. The highest BCUT2D eigenvalue weighted by atomic mass is 32.1. The van der Waals surface area contributed by atoms with Crippen LogP contribution >= 0.6 is 11.3 Å². The van der Waals surface area contributed by atoms with E-state index in [2.05, 4.69) is 5.32 Å². The number of hydrogen-bond donors (Lipinski definition) is 1. The molecular formula is C15H14FNO3S. The van der Waals surface area contributed by atoms with Crippen molar-refractivity contribution in [3.8, 4) is 0 Å². The van der Waals surface area contributed by atoms with Gasteiger partial charge in [-0.25, -0.2) is 4.39 Å². The third kappa shape index (κ3) is 4.39. The van der Waals surface area contributed by atoms with Crippen LogP contribution < -0.4 is 5.32 Å². The van der Waals surface area contributed by atoms with Gasteiger partial charge in [0.2, 0.25) is 0 Å². The third-order valence-corrected chi connectivity index (χ3v) is 3.65. The van der Waals surface area contributed by atoms with Gasteiger partial charge in [0.1, 0.15) is 18.5 Å². The summed E-state index contributed by atoms with van der Waals surface area (Å²) in [6.07, 6.45) is -0.503. The van der Waals surface area contributed by atoms with Crippen LogP contribution in [-0.4, -0.2) is 18.4 Å². The van der Waals surface area contributed by atoms with E-state index in [4.69, 9.17) is 4.74 Å². The predicted molar refractivity (Wildman–Crippen MR) is 77.6 cm³/mol. The van der Waals surface area contributed by atoms with Crippen molar-refractivity contribution in [1.29, 1.82) is 0 Å². The molecule has 0 aliphatic rings. The predicted octanol–water partition coefficient (Wildman–Crippen LogP) is 2.92. The Labute approximate surface area is 125 Å². The number of thiophene rings is 1. The molecule has 2 rings (SSSR count). The molecule has 21 heavy (non-hydrogen) atoms. The standard InChI is InChI=1S/C15H14FNO3S/c1-10(11-4-6-12(16)7-5-11)20-14(18)9-17-15(19)13-3-2-8-21-13/h2-8,10H,9H2,1H3,(H,17,19)/t10-/m1/s1. The first kappa shape index (κ1) is 15.2. The second kappa shape index (κ2) is 6.99. The molecule has 4 nitrogen and oxygen atoms in total. The zero-order valence-electron chi connectivity index (χ0n) is 11.3. The van der Waals surface area contributed by atoms with Crippen molar-refractivity contribution >= 4 is 23.2 Å². The van der Waals surface area contributed by atoms with Crippen LogP contribution in [0.5, 0.6) is 0 Å². The molecule has 1 aromatic carbocycles. The number of halogens is 1. The van der Waals surface area contributed by atoms with Crippen LogP contribution in [0.4, 0.5) is 4.39 Å². The Morgan fingerprint density at radius 1 is 1.29 bits per heavy atom. The van der Waals surface area contributed by atoms with Crippen molar-refractivity contribution in [2.75, 3.05) is 6.54 Å². The summed E-state index contributed by atoms with van der Waals surface area (Å²) in [5.74, 6) is -1.20. The molecule has 0 radical (unpaired) electrons. The van der Waals surface area contributed by atoms with Crippen LogP contribution in [0.15, 0.2) is 41.8 Å². The molecule has 0 aliphatic carbocycles. The average molecular weight is 307 g/mol. The zero-order valence-corrected chi connectivity index (χ0v) is 12.2. The molecule has 0 saturated heterocycles. The number of nitrogens with one attached hydrogen (secondary N) is 1. The van der Waals surface area contributed by atoms with E-state index in [1.54, 1.807) is 36.6 Å². The van der Waals surface area contributed by atoms with Crippen molar-refractivity contribution < 1.29 is 18.7 Å². The van der Waals surface area contributed by atoms with Gasteiger partial charge in [-0.15, -0.1) is 11.3 Å². The van der Waals surface area contributed by atoms with Gasteiger partial charge in [0.05, 0.1) is 4.88 Å². The van der Waals surface area contributed by atoms with Gasteiger partial charge in [0.25, 0.3) is 5.91 Å². The van der Waals surface area contributed by atoms with Crippen LogP contribution in [0.1, 0.15) is 28.3 Å². The van der Waals surface area contributed by atoms with E-state index in [1.807, 2.05) is 0 Å². The quantitative estimate of drug-likeness (QED) is 0.864. The molecule has 0 bridgehead atoms. The maximum absolute atomic E-state index is 12.8. The van der Waals surface area contributed by atoms with Crippen molar-refractivity contribution in [2.45, 2.75) is 13.0 Å². The normalized spacial score (nSPS) is 11.7. The van der Waals surface area contributed by atoms with E-state index in [9.17, 15) is 14.0 Å². The van der Waals surface area contributed by atoms with E-state index < -0.39 is 12.1 Å². The Bertz CT molecular complexity index is 610. The second-order valence-corrected chi connectivity index (χ2v) is 5.29. The molecule has 0 spiro atoms. The van der Waals surface area contributed by atoms with Gasteiger partial charge < -0.3 is 10.1 Å². The minimum Gasteiger partial charge on any atom is -0.456 e. The Morgan fingerprint density at radius 2 is 2.00 bits per heavy atom. The Hall–Kier alpha value is -2.21. The Morgan fingerprint density at radius 3 is 2.62 bits per heavy atom. The van der Waals surface area contributed by atoms with Crippen LogP contribution in [0, 0.1) is 5.82 Å². The summed E-state index contributed by atoms with van der Waals surface area (Å²) in [4.78, 5) is 23.8. The molecule has 0 fully saturated rings. The first-order valence-corrected chi connectivity index (χ1v) is 7.21. The van der Waals surface area contributed by atoms with Crippen LogP contribution in [0.2, 0.25) is 0 Å². The van der Waals surface area contributed by atoms with Gasteiger partial charge in [-0.05, 0) is 36.1 Å². The van der Waals surface area contributed by atoms with E-state index in [1.165, 1.54) is 23.5 Å². The fraction of sp³-hybridized carbons (Fsp3) is 0.200. The number of carbonyl (C=O) groups is 2. The summed E-state index contributed by atoms with van der Waals surface area (Å²) < 4.78 is 18.0. The van der Waals surface area contributed by atoms with Gasteiger partial charge in [-0.3, -0.25) is 9.59 Å². The van der Waals surface area contributed by atoms with Gasteiger partial charge in [0, 0.05) is 0 Å². The van der Waals surface area contributed by atoms with Gasteiger partial charge in [-0.2, -0.15) is 0 Å². The number of hydrogen-bond acceptors (Lipinski definition) is 4. The SMILES string of the molecule is C[C@@H](OC(=O)CNC(=O)c1cccs1)c1ccc(F)cc1. The molecule has 1 atom stereocenters. The average Bonchev–Trinajstić information content (AvgIpc) is 2.99. The maximum Gasteiger partial charge on any atom is 0.326 e. The topological polar surface area (TPSA) is 55.4 Å². The van der Waals surface area contributed by atoms with Crippen molar-refractivity contribution in [3.63, 3.8) is 0 Å². The molecule has 1 N–H and O–H groups in total. The lowest BCUT2D eigenvalue weighted by Crippen LogP contribution is -2.30.